The van der Waals surface area contributed by atoms with Crippen molar-refractivity contribution in [2.24, 2.45) is 0 Å². The quantitative estimate of drug-likeness (QED) is 0.708. The molecule has 0 amide bonds. The molecule has 2 aliphatic rings. The predicted molar refractivity (Wildman–Crippen MR) is 67.4 cm³/mol. The Bertz CT molecular complexity index is 175. The maximum absolute atomic E-state index is 5.44. The summed E-state index contributed by atoms with van der Waals surface area (Å²) in [5.74, 6) is 0. The first-order valence-electron chi connectivity index (χ1n) is 5.33. The Morgan fingerprint density at radius 2 is 1.73 bits per heavy atom. The third-order valence-corrected chi connectivity index (χ3v) is 3.62. The van der Waals surface area contributed by atoms with Crippen LogP contribution in [0.15, 0.2) is 0 Å². The molecule has 15 heavy (non-hydrogen) atoms. The Morgan fingerprint density at radius 1 is 1.07 bits per heavy atom. The molecule has 2 aliphatic heterocycles. The Labute approximate surface area is 105 Å². The van der Waals surface area contributed by atoms with Gasteiger partial charge < -0.3 is 10.1 Å². The molecular formula is C10H22Cl2N2O. The minimum absolute atomic E-state index is 0. The highest BCUT2D eigenvalue weighted by molar-refractivity contribution is 5.85. The predicted octanol–water partition coefficient (Wildman–Crippen LogP) is 1.30. The van der Waals surface area contributed by atoms with E-state index in [2.05, 4.69) is 17.3 Å². The molecule has 0 aromatic rings. The van der Waals surface area contributed by atoms with E-state index in [1.54, 1.807) is 0 Å². The molecule has 3 nitrogen and oxygen atoms in total. The number of nitrogens with zero attached hydrogens (tertiary/aromatic N) is 1. The molecule has 0 aromatic heterocycles. The molecule has 1 spiro atoms. The molecule has 92 valence electrons. The van der Waals surface area contributed by atoms with Crippen LogP contribution in [0.3, 0.4) is 0 Å². The summed E-state index contributed by atoms with van der Waals surface area (Å²) in [5, 5.41) is 3.47. The lowest BCUT2D eigenvalue weighted by Crippen LogP contribution is -2.50. The van der Waals surface area contributed by atoms with Crippen molar-refractivity contribution in [3.05, 3.63) is 0 Å². The molecule has 2 saturated heterocycles. The number of nitrogens with one attached hydrogen (secondary N) is 1. The Balaban J connectivity index is 0.000000980. The van der Waals surface area contributed by atoms with Crippen LogP contribution >= 0.6 is 24.8 Å². The van der Waals surface area contributed by atoms with Gasteiger partial charge in [-0.25, -0.2) is 0 Å². The Kier molecular flexibility index (Phi) is 7.13. The standard InChI is InChI=1S/C10H20N2O.2ClH/c1-12-7-6-11-5-2-10(12)3-8-13-9-4-10;;/h11H,2-9H2,1H3;2*1H. The van der Waals surface area contributed by atoms with Crippen LogP contribution in [0.2, 0.25) is 0 Å². The van der Waals surface area contributed by atoms with E-state index in [1.165, 1.54) is 32.4 Å². The van der Waals surface area contributed by atoms with Gasteiger partial charge in [-0.15, -0.1) is 24.8 Å². The van der Waals surface area contributed by atoms with Crippen LogP contribution in [-0.4, -0.2) is 50.3 Å². The highest BCUT2D eigenvalue weighted by Gasteiger charge is 2.36. The average molecular weight is 257 g/mol. The van der Waals surface area contributed by atoms with Crippen LogP contribution in [0.5, 0.6) is 0 Å². The van der Waals surface area contributed by atoms with Gasteiger partial charge in [0, 0.05) is 31.8 Å². The van der Waals surface area contributed by atoms with Gasteiger partial charge in [0.05, 0.1) is 0 Å². The lowest BCUT2D eigenvalue weighted by molar-refractivity contribution is -0.0157. The normalized spacial score (nSPS) is 26.2. The molecule has 0 aromatic carbocycles. The van der Waals surface area contributed by atoms with Crippen LogP contribution in [0.1, 0.15) is 19.3 Å². The van der Waals surface area contributed by atoms with Crippen molar-refractivity contribution >= 4 is 24.8 Å². The molecule has 2 heterocycles. The van der Waals surface area contributed by atoms with Crippen molar-refractivity contribution in [2.45, 2.75) is 24.8 Å². The summed E-state index contributed by atoms with van der Waals surface area (Å²) in [7, 11) is 2.26. The van der Waals surface area contributed by atoms with E-state index >= 15 is 0 Å². The number of halogens is 2. The molecule has 1 N–H and O–H groups in total. The van der Waals surface area contributed by atoms with Gasteiger partial charge >= 0.3 is 0 Å². The molecule has 0 atom stereocenters. The van der Waals surface area contributed by atoms with Crippen molar-refractivity contribution in [2.75, 3.05) is 39.9 Å². The van der Waals surface area contributed by atoms with E-state index in [1.807, 2.05) is 0 Å². The maximum Gasteiger partial charge on any atom is 0.0483 e. The van der Waals surface area contributed by atoms with Gasteiger partial charge in [-0.2, -0.15) is 0 Å². The van der Waals surface area contributed by atoms with Crippen molar-refractivity contribution in [3.8, 4) is 0 Å². The molecule has 0 unspecified atom stereocenters. The fraction of sp³-hybridized carbons (Fsp3) is 1.00. The van der Waals surface area contributed by atoms with E-state index in [4.69, 9.17) is 4.74 Å². The van der Waals surface area contributed by atoms with Crippen LogP contribution in [0, 0.1) is 0 Å². The maximum atomic E-state index is 5.44. The summed E-state index contributed by atoms with van der Waals surface area (Å²) in [5.41, 5.74) is 0.446. The molecule has 2 rings (SSSR count). The monoisotopic (exact) mass is 256 g/mol. The summed E-state index contributed by atoms with van der Waals surface area (Å²) in [6.45, 7) is 5.39. The SMILES string of the molecule is CN1CCNCCC12CCOCC2.Cl.Cl. The van der Waals surface area contributed by atoms with E-state index in [9.17, 15) is 0 Å². The van der Waals surface area contributed by atoms with E-state index in [0.717, 1.165) is 19.8 Å². The topological polar surface area (TPSA) is 24.5 Å². The van der Waals surface area contributed by atoms with E-state index in [0.29, 0.717) is 5.54 Å². The molecule has 2 fully saturated rings. The van der Waals surface area contributed by atoms with Gasteiger partial charge in [0.15, 0.2) is 0 Å². The van der Waals surface area contributed by atoms with Crippen LogP contribution in [-0.2, 0) is 4.74 Å². The van der Waals surface area contributed by atoms with Gasteiger partial charge in [-0.3, -0.25) is 4.90 Å². The van der Waals surface area contributed by atoms with Gasteiger partial charge in [-0.1, -0.05) is 0 Å². The number of ether oxygens (including phenoxy) is 1. The minimum atomic E-state index is 0. The fourth-order valence-corrected chi connectivity index (χ4v) is 2.50. The van der Waals surface area contributed by atoms with Crippen LogP contribution < -0.4 is 5.32 Å². The number of rotatable bonds is 0. The largest absolute Gasteiger partial charge is 0.381 e. The van der Waals surface area contributed by atoms with Gasteiger partial charge in [0.1, 0.15) is 0 Å². The zero-order valence-corrected chi connectivity index (χ0v) is 11.0. The lowest BCUT2D eigenvalue weighted by Gasteiger charge is -2.43. The van der Waals surface area contributed by atoms with Gasteiger partial charge in [0.2, 0.25) is 0 Å². The summed E-state index contributed by atoms with van der Waals surface area (Å²) >= 11 is 0. The summed E-state index contributed by atoms with van der Waals surface area (Å²) in [6, 6.07) is 0. The van der Waals surface area contributed by atoms with Gasteiger partial charge in [-0.05, 0) is 32.9 Å². The van der Waals surface area contributed by atoms with Crippen LogP contribution in [0.4, 0.5) is 0 Å². The lowest BCUT2D eigenvalue weighted by atomic mass is 9.85. The zero-order valence-electron chi connectivity index (χ0n) is 9.33. The first kappa shape index (κ1) is 15.5. The molecule has 0 aliphatic carbocycles. The number of hydrogen-bond donors (Lipinski definition) is 1. The fourth-order valence-electron chi connectivity index (χ4n) is 2.50. The Hall–Kier alpha value is 0.460. The molecule has 5 heteroatoms. The number of likely N-dealkylation sites (N-methyl/N-ethyl adjacent to an activating group) is 1. The van der Waals surface area contributed by atoms with Crippen molar-refractivity contribution in [3.63, 3.8) is 0 Å². The average Bonchev–Trinajstić information content (AvgIpc) is 2.33. The highest BCUT2D eigenvalue weighted by atomic mass is 35.5. The molecule has 0 radical (unpaired) electrons. The van der Waals surface area contributed by atoms with Crippen molar-refractivity contribution < 1.29 is 4.74 Å². The molecular weight excluding hydrogens is 235 g/mol. The minimum Gasteiger partial charge on any atom is -0.381 e. The second kappa shape index (κ2) is 6.92. The summed E-state index contributed by atoms with van der Waals surface area (Å²) in [4.78, 5) is 2.54. The third kappa shape index (κ3) is 3.46. The van der Waals surface area contributed by atoms with Crippen LogP contribution in [0.25, 0.3) is 0 Å². The third-order valence-electron chi connectivity index (χ3n) is 3.62. The molecule has 0 saturated carbocycles. The zero-order chi connectivity index (χ0) is 9.15. The Morgan fingerprint density at radius 3 is 2.40 bits per heavy atom. The summed E-state index contributed by atoms with van der Waals surface area (Å²) in [6.07, 6.45) is 3.71. The molecule has 0 bridgehead atoms. The smallest absolute Gasteiger partial charge is 0.0483 e. The van der Waals surface area contributed by atoms with Crippen molar-refractivity contribution in [1.82, 2.24) is 10.2 Å². The first-order valence-corrected chi connectivity index (χ1v) is 5.33. The van der Waals surface area contributed by atoms with Crippen molar-refractivity contribution in [1.29, 1.82) is 0 Å². The van der Waals surface area contributed by atoms with E-state index < -0.39 is 0 Å². The first-order chi connectivity index (χ1) is 6.33. The second-order valence-electron chi connectivity index (χ2n) is 4.26. The summed E-state index contributed by atoms with van der Waals surface area (Å²) < 4.78 is 5.44. The van der Waals surface area contributed by atoms with Gasteiger partial charge in [0.25, 0.3) is 0 Å². The highest BCUT2D eigenvalue weighted by Crippen LogP contribution is 2.30. The second-order valence-corrected chi connectivity index (χ2v) is 4.26. The van der Waals surface area contributed by atoms with E-state index in [-0.39, 0.29) is 24.8 Å². The number of hydrogen-bond acceptors (Lipinski definition) is 3.